The summed E-state index contributed by atoms with van der Waals surface area (Å²) in [5, 5.41) is 10.1. The van der Waals surface area contributed by atoms with E-state index < -0.39 is 46.0 Å². The molecule has 8 heteroatoms. The quantitative estimate of drug-likeness (QED) is 0.195. The highest BCUT2D eigenvalue weighted by atomic mass is 16.5. The van der Waals surface area contributed by atoms with Gasteiger partial charge in [0, 0.05) is 6.08 Å². The smallest absolute Gasteiger partial charge is 0.330 e. The highest BCUT2D eigenvalue weighted by Gasteiger charge is 2.68. The number of methoxy groups -OCH3 is 1. The monoisotopic (exact) mass is 476 g/mol. The zero-order chi connectivity index (χ0) is 26.2. The average Bonchev–Trinajstić information content (AvgIpc) is 2.83. The SMILES string of the molecule is C=CC(=O)OCCCCOC(=O)C(C)(C(C)(C)C(=O)O)C(C)(C(=O)OC)C(C)c1ccccc1. The van der Waals surface area contributed by atoms with Gasteiger partial charge in [-0.25, -0.2) is 4.79 Å². The Morgan fingerprint density at radius 2 is 1.50 bits per heavy atom. The van der Waals surface area contributed by atoms with Gasteiger partial charge in [-0.15, -0.1) is 0 Å². The summed E-state index contributed by atoms with van der Waals surface area (Å²) < 4.78 is 15.6. The summed E-state index contributed by atoms with van der Waals surface area (Å²) in [6.07, 6.45) is 1.87. The maximum Gasteiger partial charge on any atom is 0.330 e. The molecule has 0 amide bonds. The fourth-order valence-corrected chi connectivity index (χ4v) is 4.18. The molecule has 0 aliphatic rings. The summed E-state index contributed by atoms with van der Waals surface area (Å²) in [6.45, 7) is 11.0. The molecule has 1 N–H and O–H groups in total. The van der Waals surface area contributed by atoms with Gasteiger partial charge in [0.05, 0.1) is 36.6 Å². The second kappa shape index (κ2) is 11.8. The van der Waals surface area contributed by atoms with Crippen LogP contribution in [0.4, 0.5) is 0 Å². The van der Waals surface area contributed by atoms with Crippen molar-refractivity contribution in [3.63, 3.8) is 0 Å². The number of carboxylic acid groups (broad SMARTS) is 1. The normalized spacial score (nSPS) is 15.7. The molecule has 0 heterocycles. The van der Waals surface area contributed by atoms with E-state index in [0.717, 1.165) is 11.6 Å². The van der Waals surface area contributed by atoms with Crippen molar-refractivity contribution in [2.45, 2.75) is 53.4 Å². The second-order valence-electron chi connectivity index (χ2n) is 9.10. The van der Waals surface area contributed by atoms with Crippen LogP contribution >= 0.6 is 0 Å². The van der Waals surface area contributed by atoms with Crippen molar-refractivity contribution in [2.75, 3.05) is 20.3 Å². The molecule has 1 aromatic rings. The van der Waals surface area contributed by atoms with E-state index >= 15 is 0 Å². The lowest BCUT2D eigenvalue weighted by Gasteiger charge is -2.51. The summed E-state index contributed by atoms with van der Waals surface area (Å²) in [7, 11) is 1.21. The van der Waals surface area contributed by atoms with E-state index in [2.05, 4.69) is 6.58 Å². The lowest BCUT2D eigenvalue weighted by Crippen LogP contribution is -2.62. The Labute approximate surface area is 201 Å². The van der Waals surface area contributed by atoms with Gasteiger partial charge < -0.3 is 19.3 Å². The predicted octanol–water partition coefficient (Wildman–Crippen LogP) is 4.14. The van der Waals surface area contributed by atoms with Crippen molar-refractivity contribution in [2.24, 2.45) is 16.2 Å². The molecular formula is C26H36O8. The van der Waals surface area contributed by atoms with Crippen LogP contribution in [0.25, 0.3) is 0 Å². The molecule has 1 rings (SSSR count). The minimum absolute atomic E-state index is 0.0350. The molecule has 0 spiro atoms. The standard InChI is InChI=1S/C26H36O8/c1-8-20(27)33-16-12-13-17-34-23(31)26(6,24(3,4)21(28)29)25(5,22(30)32-7)18(2)19-14-10-9-11-15-19/h8-11,14-15,18H,1,12-13,16-17H2,2-7H3,(H,28,29). The summed E-state index contributed by atoms with van der Waals surface area (Å²) >= 11 is 0. The van der Waals surface area contributed by atoms with Crippen LogP contribution in [0.2, 0.25) is 0 Å². The molecule has 0 saturated carbocycles. The molecule has 8 nitrogen and oxygen atoms in total. The van der Waals surface area contributed by atoms with Crippen molar-refractivity contribution in [1.82, 2.24) is 0 Å². The largest absolute Gasteiger partial charge is 0.481 e. The first-order chi connectivity index (χ1) is 15.8. The second-order valence-corrected chi connectivity index (χ2v) is 9.10. The van der Waals surface area contributed by atoms with Crippen molar-refractivity contribution >= 4 is 23.9 Å². The molecular weight excluding hydrogens is 440 g/mol. The molecule has 3 atom stereocenters. The minimum Gasteiger partial charge on any atom is -0.481 e. The molecule has 0 fully saturated rings. The number of hydrogen-bond donors (Lipinski definition) is 1. The number of esters is 3. The van der Waals surface area contributed by atoms with Gasteiger partial charge in [0.1, 0.15) is 0 Å². The van der Waals surface area contributed by atoms with E-state index in [1.165, 1.54) is 27.9 Å². The number of hydrogen-bond acceptors (Lipinski definition) is 7. The first kappa shape index (κ1) is 28.9. The number of carboxylic acids is 1. The van der Waals surface area contributed by atoms with Crippen LogP contribution in [0, 0.1) is 16.2 Å². The average molecular weight is 477 g/mol. The topological polar surface area (TPSA) is 116 Å². The van der Waals surface area contributed by atoms with Crippen LogP contribution in [0.1, 0.15) is 58.9 Å². The molecule has 34 heavy (non-hydrogen) atoms. The number of ether oxygens (including phenoxy) is 3. The van der Waals surface area contributed by atoms with Crippen molar-refractivity contribution in [1.29, 1.82) is 0 Å². The van der Waals surface area contributed by atoms with E-state index in [1.807, 2.05) is 18.2 Å². The number of unbranched alkanes of at least 4 members (excludes halogenated alkanes) is 1. The lowest BCUT2D eigenvalue weighted by atomic mass is 9.48. The van der Waals surface area contributed by atoms with Gasteiger partial charge in [0.25, 0.3) is 0 Å². The van der Waals surface area contributed by atoms with E-state index in [9.17, 15) is 24.3 Å². The molecule has 0 saturated heterocycles. The lowest BCUT2D eigenvalue weighted by molar-refractivity contribution is -0.198. The minimum atomic E-state index is -1.82. The van der Waals surface area contributed by atoms with Crippen LogP contribution in [0.15, 0.2) is 43.0 Å². The third-order valence-corrected chi connectivity index (χ3v) is 7.19. The van der Waals surface area contributed by atoms with Crippen LogP contribution in [-0.4, -0.2) is 49.3 Å². The fourth-order valence-electron chi connectivity index (χ4n) is 4.18. The Morgan fingerprint density at radius 1 is 0.971 bits per heavy atom. The molecule has 0 aliphatic heterocycles. The summed E-state index contributed by atoms with van der Waals surface area (Å²) in [5.41, 5.74) is -4.36. The van der Waals surface area contributed by atoms with E-state index in [-0.39, 0.29) is 13.2 Å². The van der Waals surface area contributed by atoms with Gasteiger partial charge in [0.2, 0.25) is 0 Å². The highest BCUT2D eigenvalue weighted by Crippen LogP contribution is 2.59. The Balaban J connectivity index is 3.37. The number of carbonyl (C=O) groups is 4. The van der Waals surface area contributed by atoms with Crippen molar-refractivity contribution in [3.05, 3.63) is 48.6 Å². The maximum atomic E-state index is 13.6. The Kier molecular flexibility index (Phi) is 10.0. The van der Waals surface area contributed by atoms with Gasteiger partial charge in [-0.1, -0.05) is 43.8 Å². The van der Waals surface area contributed by atoms with Gasteiger partial charge in [-0.05, 0) is 52.0 Å². The maximum absolute atomic E-state index is 13.6. The van der Waals surface area contributed by atoms with Crippen LogP contribution in [0.3, 0.4) is 0 Å². The van der Waals surface area contributed by atoms with Crippen molar-refractivity contribution < 1.29 is 38.5 Å². The highest BCUT2D eigenvalue weighted by molar-refractivity contribution is 5.94. The number of aliphatic carboxylic acids is 1. The van der Waals surface area contributed by atoms with Crippen molar-refractivity contribution in [3.8, 4) is 0 Å². The zero-order valence-electron chi connectivity index (χ0n) is 20.9. The number of benzene rings is 1. The Morgan fingerprint density at radius 3 is 1.97 bits per heavy atom. The van der Waals surface area contributed by atoms with Crippen LogP contribution in [-0.2, 0) is 33.4 Å². The molecule has 0 bridgehead atoms. The molecule has 0 aliphatic carbocycles. The first-order valence-electron chi connectivity index (χ1n) is 11.2. The molecule has 0 radical (unpaired) electrons. The Bertz CT molecular complexity index is 891. The molecule has 0 aromatic heterocycles. The summed E-state index contributed by atoms with van der Waals surface area (Å²) in [4.78, 5) is 50.4. The predicted molar refractivity (Wildman–Crippen MR) is 126 cm³/mol. The van der Waals surface area contributed by atoms with Crippen LogP contribution < -0.4 is 0 Å². The van der Waals surface area contributed by atoms with Gasteiger partial charge in [-0.2, -0.15) is 0 Å². The van der Waals surface area contributed by atoms with E-state index in [1.54, 1.807) is 26.0 Å². The van der Waals surface area contributed by atoms with E-state index in [0.29, 0.717) is 12.8 Å². The number of carbonyl (C=O) groups excluding carboxylic acids is 3. The summed E-state index contributed by atoms with van der Waals surface area (Å²) in [6, 6.07) is 9.07. The van der Waals surface area contributed by atoms with Gasteiger partial charge in [0.15, 0.2) is 0 Å². The van der Waals surface area contributed by atoms with Gasteiger partial charge >= 0.3 is 23.9 Å². The fraction of sp³-hybridized carbons (Fsp3) is 0.538. The van der Waals surface area contributed by atoms with Crippen LogP contribution in [0.5, 0.6) is 0 Å². The third-order valence-electron chi connectivity index (χ3n) is 7.19. The number of rotatable bonds is 13. The Hall–Kier alpha value is -3.16. The zero-order valence-corrected chi connectivity index (χ0v) is 20.9. The first-order valence-corrected chi connectivity index (χ1v) is 11.2. The molecule has 1 aromatic carbocycles. The third kappa shape index (κ3) is 5.48. The summed E-state index contributed by atoms with van der Waals surface area (Å²) in [5.74, 6) is -3.92. The molecule has 3 unspecified atom stereocenters. The van der Waals surface area contributed by atoms with E-state index in [4.69, 9.17) is 14.2 Å². The molecule has 188 valence electrons. The van der Waals surface area contributed by atoms with Gasteiger partial charge in [-0.3, -0.25) is 14.4 Å².